The van der Waals surface area contributed by atoms with Crippen molar-refractivity contribution in [3.8, 4) is 0 Å². The van der Waals surface area contributed by atoms with Crippen LogP contribution in [0.2, 0.25) is 0 Å². The minimum Gasteiger partial charge on any atom is -0.337 e. The first-order chi connectivity index (χ1) is 18.1. The van der Waals surface area contributed by atoms with Gasteiger partial charge in [-0.15, -0.1) is 0 Å². The number of benzene rings is 3. The van der Waals surface area contributed by atoms with Gasteiger partial charge in [-0.2, -0.15) is 0 Å². The Kier molecular flexibility index (Phi) is 6.59. The van der Waals surface area contributed by atoms with Gasteiger partial charge < -0.3 is 9.80 Å². The van der Waals surface area contributed by atoms with Gasteiger partial charge in [-0.25, -0.2) is 4.98 Å². The molecule has 0 fully saturated rings. The summed E-state index contributed by atoms with van der Waals surface area (Å²) in [6.07, 6.45) is 1.89. The molecule has 0 aliphatic carbocycles. The second-order valence-electron chi connectivity index (χ2n) is 12.0. The fraction of sp³-hybridized carbons (Fsp3) is 0.343. The molecule has 4 aromatic rings. The van der Waals surface area contributed by atoms with Gasteiger partial charge in [0.25, 0.3) is 0 Å². The largest absolute Gasteiger partial charge is 0.337 e. The molecule has 1 aromatic heterocycles. The summed E-state index contributed by atoms with van der Waals surface area (Å²) in [7, 11) is 0. The highest BCUT2D eigenvalue weighted by atomic mass is 15.3. The molecule has 38 heavy (non-hydrogen) atoms. The number of hydrogen-bond acceptors (Lipinski definition) is 3. The van der Waals surface area contributed by atoms with Gasteiger partial charge in [-0.05, 0) is 68.7 Å². The van der Waals surface area contributed by atoms with E-state index >= 15 is 0 Å². The van der Waals surface area contributed by atoms with Gasteiger partial charge in [0.05, 0.1) is 0 Å². The number of nitrogens with zero attached hydrogens (tertiary/aromatic N) is 3. The lowest BCUT2D eigenvalue weighted by Gasteiger charge is -2.32. The van der Waals surface area contributed by atoms with Crippen LogP contribution < -0.4 is 9.80 Å². The zero-order valence-corrected chi connectivity index (χ0v) is 24.2. The van der Waals surface area contributed by atoms with Gasteiger partial charge in [0.2, 0.25) is 0 Å². The molecule has 196 valence electrons. The van der Waals surface area contributed by atoms with Crippen LogP contribution in [0.5, 0.6) is 0 Å². The van der Waals surface area contributed by atoms with E-state index in [1.54, 1.807) is 0 Å². The van der Waals surface area contributed by atoms with Crippen molar-refractivity contribution in [1.29, 1.82) is 0 Å². The lowest BCUT2D eigenvalue weighted by atomic mass is 9.81. The van der Waals surface area contributed by atoms with Crippen LogP contribution in [0.15, 0.2) is 91.1 Å². The van der Waals surface area contributed by atoms with E-state index in [9.17, 15) is 0 Å². The first-order valence-electron chi connectivity index (χ1n) is 13.8. The predicted molar refractivity (Wildman–Crippen MR) is 162 cm³/mol. The van der Waals surface area contributed by atoms with Crippen LogP contribution in [0.1, 0.15) is 63.8 Å². The Balaban J connectivity index is 0.000000155. The van der Waals surface area contributed by atoms with Crippen LogP contribution >= 0.6 is 0 Å². The Bertz CT molecular complexity index is 1340. The van der Waals surface area contributed by atoms with Gasteiger partial charge in [0.1, 0.15) is 5.82 Å². The number of para-hydroxylation sites is 3. The molecule has 0 radical (unpaired) electrons. The number of aryl methyl sites for hydroxylation is 2. The van der Waals surface area contributed by atoms with Crippen LogP contribution in [0.25, 0.3) is 0 Å². The maximum absolute atomic E-state index is 4.63. The van der Waals surface area contributed by atoms with Gasteiger partial charge >= 0.3 is 0 Å². The molecule has 3 aromatic carbocycles. The van der Waals surface area contributed by atoms with Gasteiger partial charge in [-0.1, -0.05) is 88.4 Å². The van der Waals surface area contributed by atoms with Gasteiger partial charge in [0.15, 0.2) is 0 Å². The molecule has 0 bridgehead atoms. The van der Waals surface area contributed by atoms with Crippen molar-refractivity contribution in [1.82, 2.24) is 4.98 Å². The molecule has 0 spiro atoms. The number of rotatable bonds is 2. The van der Waals surface area contributed by atoms with E-state index in [1.807, 2.05) is 12.3 Å². The summed E-state index contributed by atoms with van der Waals surface area (Å²) in [6.45, 7) is 18.3. The van der Waals surface area contributed by atoms with Crippen LogP contribution in [0.4, 0.5) is 22.9 Å². The van der Waals surface area contributed by atoms with Crippen molar-refractivity contribution in [2.75, 3.05) is 9.80 Å². The summed E-state index contributed by atoms with van der Waals surface area (Å²) in [5.74, 6) is 1.11. The molecule has 2 unspecified atom stereocenters. The average Bonchev–Trinajstić information content (AvgIpc) is 3.24. The Hall–Kier alpha value is -3.59. The summed E-state index contributed by atoms with van der Waals surface area (Å²) in [5, 5.41) is 0. The lowest BCUT2D eigenvalue weighted by molar-refractivity contribution is 0.461. The normalized spacial score (nSPS) is 20.4. The van der Waals surface area contributed by atoms with Gasteiger partial charge in [-0.3, -0.25) is 0 Å². The molecule has 0 amide bonds. The Morgan fingerprint density at radius 1 is 0.553 bits per heavy atom. The number of aromatic nitrogens is 1. The van der Waals surface area contributed by atoms with Crippen molar-refractivity contribution >= 4 is 22.9 Å². The highest BCUT2D eigenvalue weighted by molar-refractivity contribution is 5.75. The van der Waals surface area contributed by atoms with E-state index in [4.69, 9.17) is 0 Å². The summed E-state index contributed by atoms with van der Waals surface area (Å²) in [5.41, 5.74) is 9.66. The van der Waals surface area contributed by atoms with Crippen LogP contribution in [-0.4, -0.2) is 17.1 Å². The third-order valence-corrected chi connectivity index (χ3v) is 9.18. The number of pyridine rings is 1. The second kappa shape index (κ2) is 9.62. The molecule has 0 N–H and O–H groups in total. The number of fused-ring (bicyclic) bond motifs is 2. The molecular weight excluding hydrogens is 462 g/mol. The Morgan fingerprint density at radius 2 is 1.00 bits per heavy atom. The number of anilines is 4. The highest BCUT2D eigenvalue weighted by Crippen LogP contribution is 2.49. The molecule has 6 rings (SSSR count). The molecule has 0 saturated heterocycles. The molecule has 3 heterocycles. The molecular formula is C35H41N3. The van der Waals surface area contributed by atoms with E-state index in [-0.39, 0.29) is 10.8 Å². The first kappa shape index (κ1) is 26.0. The maximum atomic E-state index is 4.63. The SMILES string of the molecule is Cc1ccccc1N1c2ccccc2C(C)(C)C1C.Cc1ccccc1N1c2ncccc2C(C)(C)C1C. The van der Waals surface area contributed by atoms with Crippen molar-refractivity contribution in [2.45, 2.75) is 78.3 Å². The molecule has 3 nitrogen and oxygen atoms in total. The summed E-state index contributed by atoms with van der Waals surface area (Å²) in [4.78, 5) is 9.50. The van der Waals surface area contributed by atoms with E-state index in [1.165, 1.54) is 39.3 Å². The fourth-order valence-electron chi connectivity index (χ4n) is 6.14. The monoisotopic (exact) mass is 503 g/mol. The predicted octanol–water partition coefficient (Wildman–Crippen LogP) is 9.02. The molecule has 3 heteroatoms. The van der Waals surface area contributed by atoms with Crippen molar-refractivity contribution < 1.29 is 0 Å². The Labute approximate surface area is 229 Å². The van der Waals surface area contributed by atoms with Crippen LogP contribution in [-0.2, 0) is 10.8 Å². The van der Waals surface area contributed by atoms with Crippen LogP contribution in [0.3, 0.4) is 0 Å². The standard InChI is InChI=1S/C18H21N.C17H20N2/c1-13-9-5-7-11-16(13)19-14(2)18(3,4)15-10-6-8-12-17(15)19;1-12-8-5-6-10-15(12)19-13(2)17(3,4)14-9-7-11-18-16(14)19/h5-12,14H,1-4H3;5-11,13H,1-4H3. The van der Waals surface area contributed by atoms with E-state index in [0.29, 0.717) is 12.1 Å². The average molecular weight is 504 g/mol. The lowest BCUT2D eigenvalue weighted by Crippen LogP contribution is -2.36. The highest BCUT2D eigenvalue weighted by Gasteiger charge is 2.44. The third kappa shape index (κ3) is 4.09. The molecule has 2 atom stereocenters. The van der Waals surface area contributed by atoms with E-state index in [2.05, 4.69) is 149 Å². The molecule has 2 aliphatic heterocycles. The topological polar surface area (TPSA) is 19.4 Å². The van der Waals surface area contributed by atoms with Gasteiger partial charge in [0, 0.05) is 51.7 Å². The summed E-state index contributed by atoms with van der Waals surface area (Å²) >= 11 is 0. The summed E-state index contributed by atoms with van der Waals surface area (Å²) < 4.78 is 0. The quantitative estimate of drug-likeness (QED) is 0.272. The smallest absolute Gasteiger partial charge is 0.137 e. The van der Waals surface area contributed by atoms with Crippen LogP contribution in [0, 0.1) is 13.8 Å². The van der Waals surface area contributed by atoms with Crippen molar-refractivity contribution in [3.05, 3.63) is 113 Å². The van der Waals surface area contributed by atoms with E-state index < -0.39 is 0 Å². The van der Waals surface area contributed by atoms with Crippen molar-refractivity contribution in [2.24, 2.45) is 0 Å². The Morgan fingerprint density at radius 3 is 1.61 bits per heavy atom. The number of hydrogen-bond donors (Lipinski definition) is 0. The maximum Gasteiger partial charge on any atom is 0.137 e. The third-order valence-electron chi connectivity index (χ3n) is 9.18. The minimum absolute atomic E-state index is 0.117. The first-order valence-corrected chi connectivity index (χ1v) is 13.8. The fourth-order valence-corrected chi connectivity index (χ4v) is 6.14. The molecule has 2 aliphatic rings. The minimum atomic E-state index is 0.117. The molecule has 0 saturated carbocycles. The van der Waals surface area contributed by atoms with E-state index in [0.717, 1.165) is 5.82 Å². The summed E-state index contributed by atoms with van der Waals surface area (Å²) in [6, 6.07) is 31.1. The van der Waals surface area contributed by atoms with Crippen molar-refractivity contribution in [3.63, 3.8) is 0 Å². The second-order valence-corrected chi connectivity index (χ2v) is 12.0. The zero-order chi connectivity index (χ0) is 27.2. The zero-order valence-electron chi connectivity index (χ0n) is 24.2.